The number of aryl methyl sites for hydroxylation is 1. The van der Waals surface area contributed by atoms with Gasteiger partial charge in [-0.25, -0.2) is 4.39 Å². The molecule has 1 aliphatic heterocycles. The monoisotopic (exact) mass is 384 g/mol. The molecule has 0 saturated carbocycles. The first-order valence-corrected chi connectivity index (χ1v) is 8.64. The van der Waals surface area contributed by atoms with Crippen LogP contribution in [0.5, 0.6) is 0 Å². The summed E-state index contributed by atoms with van der Waals surface area (Å²) in [6, 6.07) is 4.45. The third kappa shape index (κ3) is 3.12. The second-order valence-corrected chi connectivity index (χ2v) is 6.60. The van der Waals surface area contributed by atoms with Crippen molar-refractivity contribution < 1.29 is 22.3 Å². The molecule has 3 rings (SSSR count). The predicted octanol–water partition coefficient (Wildman–Crippen LogP) is 4.25. The number of nitrogens with one attached hydrogen (secondary N) is 1. The van der Waals surface area contributed by atoms with Gasteiger partial charge in [0.05, 0.1) is 0 Å². The lowest BCUT2D eigenvalue weighted by Crippen LogP contribution is -2.48. The van der Waals surface area contributed by atoms with Gasteiger partial charge in [0.25, 0.3) is 5.56 Å². The molecule has 2 heterocycles. The van der Waals surface area contributed by atoms with Crippen LogP contribution in [0.25, 0.3) is 0 Å². The topological polar surface area (TPSA) is 43.3 Å². The van der Waals surface area contributed by atoms with Crippen molar-refractivity contribution in [2.24, 2.45) is 7.05 Å². The Bertz CT molecular complexity index is 908. The number of nitrogens with zero attached hydrogens (tertiary/aromatic N) is 1. The van der Waals surface area contributed by atoms with Crippen LogP contribution >= 0.6 is 0 Å². The van der Waals surface area contributed by atoms with E-state index in [1.165, 1.54) is 29.9 Å². The van der Waals surface area contributed by atoms with E-state index >= 15 is 0 Å². The summed E-state index contributed by atoms with van der Waals surface area (Å²) in [6.07, 6.45) is -3.24. The normalized spacial score (nSPS) is 18.6. The minimum atomic E-state index is -4.76. The van der Waals surface area contributed by atoms with E-state index in [-0.39, 0.29) is 29.1 Å². The molecular formula is C19H20F4N2O2. The number of benzene rings is 1. The summed E-state index contributed by atoms with van der Waals surface area (Å²) in [7, 11) is 1.46. The Morgan fingerprint density at radius 2 is 1.93 bits per heavy atom. The van der Waals surface area contributed by atoms with E-state index in [9.17, 15) is 22.4 Å². The predicted molar refractivity (Wildman–Crippen MR) is 93.9 cm³/mol. The van der Waals surface area contributed by atoms with Crippen molar-refractivity contribution >= 4 is 11.4 Å². The highest BCUT2D eigenvalue weighted by Crippen LogP contribution is 2.55. The fourth-order valence-electron chi connectivity index (χ4n) is 3.55. The second kappa shape index (κ2) is 6.99. The molecule has 1 N–H and O–H groups in total. The molecular weight excluding hydrogens is 364 g/mol. The molecule has 146 valence electrons. The van der Waals surface area contributed by atoms with E-state index < -0.39 is 29.4 Å². The highest BCUT2D eigenvalue weighted by Gasteiger charge is 2.60. The van der Waals surface area contributed by atoms with Crippen molar-refractivity contribution in [2.45, 2.75) is 31.4 Å². The first-order valence-electron chi connectivity index (χ1n) is 8.64. The molecule has 4 nitrogen and oxygen atoms in total. The number of ether oxygens (including phenoxy) is 1. The third-order valence-corrected chi connectivity index (χ3v) is 4.88. The first kappa shape index (κ1) is 19.4. The average Bonchev–Trinajstić information content (AvgIpc) is 2.60. The number of rotatable bonds is 5. The second-order valence-electron chi connectivity index (χ2n) is 6.60. The SMILES string of the molecule is CCCOCCC1(C(F)(F)F)c2cc(F)ccc2Nc2c1ccn(C)c2=O. The average molecular weight is 384 g/mol. The van der Waals surface area contributed by atoms with Crippen LogP contribution in [0.4, 0.5) is 28.9 Å². The van der Waals surface area contributed by atoms with E-state index in [1.54, 1.807) is 0 Å². The number of fused-ring (bicyclic) bond motifs is 2. The summed E-state index contributed by atoms with van der Waals surface area (Å²) in [4.78, 5) is 12.5. The van der Waals surface area contributed by atoms with Crippen LogP contribution in [-0.4, -0.2) is 24.0 Å². The van der Waals surface area contributed by atoms with E-state index in [0.29, 0.717) is 13.0 Å². The number of pyridine rings is 1. The van der Waals surface area contributed by atoms with E-state index in [1.807, 2.05) is 6.92 Å². The van der Waals surface area contributed by atoms with Gasteiger partial charge in [0.15, 0.2) is 0 Å². The quantitative estimate of drug-likeness (QED) is 0.619. The maximum Gasteiger partial charge on any atom is 0.402 e. The summed E-state index contributed by atoms with van der Waals surface area (Å²) < 4.78 is 64.0. The third-order valence-electron chi connectivity index (χ3n) is 4.88. The molecule has 1 atom stereocenters. The minimum absolute atomic E-state index is 0.0695. The van der Waals surface area contributed by atoms with Crippen molar-refractivity contribution in [3.63, 3.8) is 0 Å². The maximum atomic E-state index is 14.5. The minimum Gasteiger partial charge on any atom is -0.381 e. The zero-order valence-electron chi connectivity index (χ0n) is 15.0. The van der Waals surface area contributed by atoms with Crippen LogP contribution in [0.1, 0.15) is 30.9 Å². The van der Waals surface area contributed by atoms with Crippen LogP contribution in [0.3, 0.4) is 0 Å². The lowest BCUT2D eigenvalue weighted by molar-refractivity contribution is -0.183. The van der Waals surface area contributed by atoms with E-state index in [4.69, 9.17) is 4.74 Å². The molecule has 0 aliphatic carbocycles. The molecule has 0 fully saturated rings. The van der Waals surface area contributed by atoms with Gasteiger partial charge in [-0.3, -0.25) is 4.79 Å². The van der Waals surface area contributed by atoms with E-state index in [0.717, 1.165) is 12.1 Å². The van der Waals surface area contributed by atoms with Crippen LogP contribution < -0.4 is 10.9 Å². The Hall–Kier alpha value is -2.35. The van der Waals surface area contributed by atoms with Crippen molar-refractivity contribution in [3.05, 3.63) is 57.8 Å². The van der Waals surface area contributed by atoms with Gasteiger partial charge in [-0.2, -0.15) is 13.2 Å². The first-order chi connectivity index (χ1) is 12.7. The Balaban J connectivity index is 2.28. The molecule has 2 aromatic rings. The highest BCUT2D eigenvalue weighted by molar-refractivity contribution is 5.76. The van der Waals surface area contributed by atoms with Gasteiger partial charge in [-0.15, -0.1) is 0 Å². The zero-order chi connectivity index (χ0) is 19.8. The molecule has 8 heteroatoms. The lowest BCUT2D eigenvalue weighted by Gasteiger charge is -2.42. The summed E-state index contributed by atoms with van der Waals surface area (Å²) in [5, 5.41) is 2.76. The molecule has 0 bridgehead atoms. The Kier molecular flexibility index (Phi) is 5.03. The van der Waals surface area contributed by atoms with E-state index in [2.05, 4.69) is 5.32 Å². The summed E-state index contributed by atoms with van der Waals surface area (Å²) in [5.41, 5.74) is -3.64. The lowest BCUT2D eigenvalue weighted by atomic mass is 9.68. The summed E-state index contributed by atoms with van der Waals surface area (Å²) in [5.74, 6) is -0.772. The smallest absolute Gasteiger partial charge is 0.381 e. The molecule has 0 radical (unpaired) electrons. The van der Waals surface area contributed by atoms with Crippen molar-refractivity contribution in [2.75, 3.05) is 18.5 Å². The van der Waals surface area contributed by atoms with Crippen LogP contribution in [0, 0.1) is 5.82 Å². The number of hydrogen-bond acceptors (Lipinski definition) is 3. The zero-order valence-corrected chi connectivity index (χ0v) is 15.0. The van der Waals surface area contributed by atoms with Gasteiger partial charge in [0, 0.05) is 37.7 Å². The highest BCUT2D eigenvalue weighted by atomic mass is 19.4. The Labute approximate surface area is 153 Å². The van der Waals surface area contributed by atoms with Gasteiger partial charge >= 0.3 is 6.18 Å². The molecule has 0 amide bonds. The number of halogens is 4. The largest absolute Gasteiger partial charge is 0.402 e. The number of alkyl halides is 3. The van der Waals surface area contributed by atoms with Crippen LogP contribution in [0.15, 0.2) is 35.3 Å². The molecule has 0 spiro atoms. The van der Waals surface area contributed by atoms with Gasteiger partial charge in [0.1, 0.15) is 16.9 Å². The molecule has 1 aromatic heterocycles. The van der Waals surface area contributed by atoms with Crippen molar-refractivity contribution in [1.82, 2.24) is 4.57 Å². The molecule has 1 aliphatic rings. The molecule has 0 saturated heterocycles. The standard InChI is InChI=1S/C19H20F4N2O2/c1-3-9-27-10-7-18(19(21,22)23)13-6-8-25(2)17(26)16(13)24-15-5-4-12(20)11-14(15)18/h4-6,8,11,24H,3,7,9-10H2,1-2H3. The number of hydrogen-bond donors (Lipinski definition) is 1. The molecule has 27 heavy (non-hydrogen) atoms. The van der Waals surface area contributed by atoms with Crippen LogP contribution in [-0.2, 0) is 17.2 Å². The van der Waals surface area contributed by atoms with Gasteiger partial charge in [-0.05, 0) is 42.7 Å². The maximum absolute atomic E-state index is 14.5. The van der Waals surface area contributed by atoms with Gasteiger partial charge < -0.3 is 14.6 Å². The number of anilines is 2. The van der Waals surface area contributed by atoms with Gasteiger partial charge in [0.2, 0.25) is 0 Å². The van der Waals surface area contributed by atoms with Gasteiger partial charge in [-0.1, -0.05) is 6.92 Å². The Morgan fingerprint density at radius 3 is 2.59 bits per heavy atom. The van der Waals surface area contributed by atoms with Crippen LogP contribution in [0.2, 0.25) is 0 Å². The molecule has 1 aromatic carbocycles. The van der Waals surface area contributed by atoms with Crippen molar-refractivity contribution in [1.29, 1.82) is 0 Å². The Morgan fingerprint density at radius 1 is 1.19 bits per heavy atom. The summed E-state index contributed by atoms with van der Waals surface area (Å²) in [6.45, 7) is 2.01. The fraction of sp³-hybridized carbons (Fsp3) is 0.421. The fourth-order valence-corrected chi connectivity index (χ4v) is 3.55. The number of aromatic nitrogens is 1. The van der Waals surface area contributed by atoms with Crippen molar-refractivity contribution in [3.8, 4) is 0 Å². The molecule has 1 unspecified atom stereocenters. The summed E-state index contributed by atoms with van der Waals surface area (Å²) >= 11 is 0.